The Morgan fingerprint density at radius 2 is 1.55 bits per heavy atom. The van der Waals surface area contributed by atoms with Crippen LogP contribution < -0.4 is 9.04 Å². The van der Waals surface area contributed by atoms with Crippen LogP contribution in [0.3, 0.4) is 0 Å². The summed E-state index contributed by atoms with van der Waals surface area (Å²) in [5, 5.41) is 10.5. The fourth-order valence-electron chi connectivity index (χ4n) is 3.49. The van der Waals surface area contributed by atoms with E-state index in [2.05, 4.69) is 11.8 Å². The molecule has 0 aliphatic carbocycles. The molecular weight excluding hydrogens is 438 g/mol. The van der Waals surface area contributed by atoms with E-state index in [0.29, 0.717) is 33.6 Å². The third-order valence-corrected chi connectivity index (χ3v) is 5.74. The molecule has 1 N–H and O–H groups in total. The molecule has 7 heteroatoms. The van der Waals surface area contributed by atoms with Crippen LogP contribution in [0.25, 0.3) is 10.8 Å². The van der Waals surface area contributed by atoms with Crippen molar-refractivity contribution < 1.29 is 23.4 Å². The normalized spacial score (nSPS) is 11.3. The standard InChI is InChI=1S/C26H19NO5S/c1-32-25-17-16-24(21-7-3-4-8-22(21)25)27(33(30)31)23-9-5-2-6-19(23)13-10-18-11-14-20(15-12-18)26(28)29/h2-9,11-12,14-17H,1H3,(H,28,29)(H,30,31)/p-1. The van der Waals surface area contributed by atoms with Crippen molar-refractivity contribution in [2.75, 3.05) is 11.4 Å². The minimum atomic E-state index is -2.63. The molecular formula is C26H18NO5S-. The van der Waals surface area contributed by atoms with E-state index in [9.17, 15) is 13.6 Å². The van der Waals surface area contributed by atoms with Crippen molar-refractivity contribution in [2.45, 2.75) is 0 Å². The fraction of sp³-hybridized carbons (Fsp3) is 0.0385. The molecule has 4 aromatic carbocycles. The average Bonchev–Trinajstić information content (AvgIpc) is 2.83. The highest BCUT2D eigenvalue weighted by Crippen LogP contribution is 2.38. The Kier molecular flexibility index (Phi) is 6.41. The maximum absolute atomic E-state index is 12.4. The molecule has 0 fully saturated rings. The molecule has 0 amide bonds. The number of anilines is 2. The van der Waals surface area contributed by atoms with Crippen LogP contribution in [0.4, 0.5) is 11.4 Å². The molecule has 0 heterocycles. The molecule has 0 saturated carbocycles. The van der Waals surface area contributed by atoms with E-state index in [4.69, 9.17) is 9.84 Å². The predicted octanol–water partition coefficient (Wildman–Crippen LogP) is 4.88. The molecule has 0 spiro atoms. The Balaban J connectivity index is 1.82. The summed E-state index contributed by atoms with van der Waals surface area (Å²) in [4.78, 5) is 11.0. The number of methoxy groups -OCH3 is 1. The van der Waals surface area contributed by atoms with Crippen LogP contribution in [0, 0.1) is 11.8 Å². The molecule has 6 nitrogen and oxygen atoms in total. The Bertz CT molecular complexity index is 1420. The molecule has 164 valence electrons. The van der Waals surface area contributed by atoms with Crippen LogP contribution in [-0.4, -0.2) is 26.9 Å². The summed E-state index contributed by atoms with van der Waals surface area (Å²) in [5.41, 5.74) is 2.15. The van der Waals surface area contributed by atoms with Crippen LogP contribution >= 0.6 is 0 Å². The first kappa shape index (κ1) is 22.1. The first-order valence-electron chi connectivity index (χ1n) is 9.89. The number of hydrogen-bond acceptors (Lipinski definition) is 4. The van der Waals surface area contributed by atoms with Gasteiger partial charge in [0.25, 0.3) is 0 Å². The maximum atomic E-state index is 12.4. The van der Waals surface area contributed by atoms with Crippen molar-refractivity contribution in [2.24, 2.45) is 0 Å². The lowest BCUT2D eigenvalue weighted by molar-refractivity contribution is 0.0697. The number of fused-ring (bicyclic) bond motifs is 1. The van der Waals surface area contributed by atoms with Gasteiger partial charge in [-0.2, -0.15) is 0 Å². The number of nitrogens with zero attached hydrogens (tertiary/aromatic N) is 1. The molecule has 0 radical (unpaired) electrons. The van der Waals surface area contributed by atoms with E-state index in [1.54, 1.807) is 55.6 Å². The van der Waals surface area contributed by atoms with E-state index in [0.717, 1.165) is 5.39 Å². The van der Waals surface area contributed by atoms with Crippen molar-refractivity contribution in [1.29, 1.82) is 0 Å². The number of para-hydroxylation sites is 1. The van der Waals surface area contributed by atoms with Gasteiger partial charge in [-0.25, -0.2) is 4.79 Å². The van der Waals surface area contributed by atoms with Gasteiger partial charge in [-0.05, 0) is 48.5 Å². The number of hydrogen-bond donors (Lipinski definition) is 1. The Morgan fingerprint density at radius 3 is 2.21 bits per heavy atom. The van der Waals surface area contributed by atoms with Crippen LogP contribution in [0.1, 0.15) is 21.5 Å². The lowest BCUT2D eigenvalue weighted by Gasteiger charge is -2.29. The second-order valence-electron chi connectivity index (χ2n) is 6.99. The highest BCUT2D eigenvalue weighted by Gasteiger charge is 2.17. The second kappa shape index (κ2) is 9.57. The van der Waals surface area contributed by atoms with Crippen LogP contribution in [-0.2, 0) is 11.3 Å². The molecule has 4 aromatic rings. The molecule has 1 unspecified atom stereocenters. The average molecular weight is 456 g/mol. The van der Waals surface area contributed by atoms with E-state index in [-0.39, 0.29) is 5.56 Å². The Morgan fingerprint density at radius 1 is 0.879 bits per heavy atom. The van der Waals surface area contributed by atoms with E-state index < -0.39 is 17.2 Å². The summed E-state index contributed by atoms with van der Waals surface area (Å²) >= 11 is -2.63. The largest absolute Gasteiger partial charge is 0.755 e. The zero-order valence-electron chi connectivity index (χ0n) is 17.5. The predicted molar refractivity (Wildman–Crippen MR) is 127 cm³/mol. The SMILES string of the molecule is COc1ccc(N(c2ccccc2C#Cc2ccc(C(=O)O)cc2)S(=O)[O-])c2ccccc12. The van der Waals surface area contributed by atoms with Crippen molar-refractivity contribution in [3.05, 3.63) is 102 Å². The summed E-state index contributed by atoms with van der Waals surface area (Å²) in [6.45, 7) is 0. The monoisotopic (exact) mass is 456 g/mol. The summed E-state index contributed by atoms with van der Waals surface area (Å²) in [7, 11) is 1.57. The first-order chi connectivity index (χ1) is 16.0. The number of ether oxygens (including phenoxy) is 1. The summed E-state index contributed by atoms with van der Waals surface area (Å²) in [6, 6.07) is 24.0. The van der Waals surface area contributed by atoms with Crippen LogP contribution in [0.2, 0.25) is 0 Å². The zero-order chi connectivity index (χ0) is 23.4. The van der Waals surface area contributed by atoms with E-state index in [1.165, 1.54) is 16.4 Å². The van der Waals surface area contributed by atoms with Crippen molar-refractivity contribution in [3.63, 3.8) is 0 Å². The van der Waals surface area contributed by atoms with E-state index >= 15 is 0 Å². The molecule has 33 heavy (non-hydrogen) atoms. The molecule has 0 aliphatic heterocycles. The smallest absolute Gasteiger partial charge is 0.335 e. The molecule has 0 bridgehead atoms. The van der Waals surface area contributed by atoms with Crippen molar-refractivity contribution >= 4 is 39.4 Å². The minimum Gasteiger partial charge on any atom is -0.755 e. The highest BCUT2D eigenvalue weighted by atomic mass is 32.2. The minimum absolute atomic E-state index is 0.167. The molecule has 0 aromatic heterocycles. The first-order valence-corrected chi connectivity index (χ1v) is 10.9. The lowest BCUT2D eigenvalue weighted by atomic mass is 10.1. The summed E-state index contributed by atoms with van der Waals surface area (Å²) < 4.78 is 31.5. The molecule has 0 saturated heterocycles. The van der Waals surface area contributed by atoms with Gasteiger partial charge < -0.3 is 14.4 Å². The zero-order valence-corrected chi connectivity index (χ0v) is 18.3. The van der Waals surface area contributed by atoms with E-state index in [1.807, 2.05) is 24.3 Å². The third-order valence-electron chi connectivity index (χ3n) is 5.05. The number of aromatic carboxylic acids is 1. The highest BCUT2D eigenvalue weighted by molar-refractivity contribution is 7.81. The van der Waals surface area contributed by atoms with Gasteiger partial charge in [0, 0.05) is 21.9 Å². The number of carboxylic acids is 1. The lowest BCUT2D eigenvalue weighted by Crippen LogP contribution is -2.20. The summed E-state index contributed by atoms with van der Waals surface area (Å²) in [5.74, 6) is 5.62. The molecule has 1 atom stereocenters. The Labute approximate surface area is 193 Å². The van der Waals surface area contributed by atoms with Gasteiger partial charge in [-0.15, -0.1) is 0 Å². The van der Waals surface area contributed by atoms with Gasteiger partial charge >= 0.3 is 5.97 Å². The number of carbonyl (C=O) groups is 1. The quantitative estimate of drug-likeness (QED) is 0.342. The molecule has 4 rings (SSSR count). The Hall–Kier alpha value is -4.12. The van der Waals surface area contributed by atoms with Crippen molar-refractivity contribution in [1.82, 2.24) is 0 Å². The molecule has 0 aliphatic rings. The number of carboxylic acid groups (broad SMARTS) is 1. The van der Waals surface area contributed by atoms with Crippen molar-refractivity contribution in [3.8, 4) is 17.6 Å². The van der Waals surface area contributed by atoms with Gasteiger partial charge in [0.15, 0.2) is 0 Å². The third kappa shape index (κ3) is 4.58. The summed E-state index contributed by atoms with van der Waals surface area (Å²) in [6.07, 6.45) is 0. The van der Waals surface area contributed by atoms with Gasteiger partial charge in [0.1, 0.15) is 5.75 Å². The van der Waals surface area contributed by atoms with Gasteiger partial charge in [0.2, 0.25) is 0 Å². The second-order valence-corrected chi connectivity index (χ2v) is 7.79. The van der Waals surface area contributed by atoms with Gasteiger partial charge in [-0.1, -0.05) is 48.2 Å². The fourth-order valence-corrected chi connectivity index (χ4v) is 4.13. The number of benzene rings is 4. The van der Waals surface area contributed by atoms with Crippen LogP contribution in [0.5, 0.6) is 5.75 Å². The van der Waals surface area contributed by atoms with Crippen LogP contribution in [0.15, 0.2) is 84.9 Å². The van der Waals surface area contributed by atoms with Gasteiger partial charge in [0.05, 0.1) is 35.3 Å². The van der Waals surface area contributed by atoms with Gasteiger partial charge in [-0.3, -0.25) is 8.51 Å². The maximum Gasteiger partial charge on any atom is 0.335 e. The topological polar surface area (TPSA) is 89.9 Å². The number of rotatable bonds is 5.